The number of rotatable bonds is 6. The molecule has 0 aliphatic carbocycles. The van der Waals surface area contributed by atoms with Crippen LogP contribution in [-0.4, -0.2) is 28.8 Å². The van der Waals surface area contributed by atoms with Crippen molar-refractivity contribution in [2.45, 2.75) is 31.4 Å². The third-order valence-electron chi connectivity index (χ3n) is 3.12. The van der Waals surface area contributed by atoms with Crippen LogP contribution in [0.3, 0.4) is 0 Å². The Bertz CT molecular complexity index is 637. The second-order valence-electron chi connectivity index (χ2n) is 5.02. The summed E-state index contributed by atoms with van der Waals surface area (Å²) in [4.78, 5) is 28.2. The predicted octanol–water partition coefficient (Wildman–Crippen LogP) is 3.71. The summed E-state index contributed by atoms with van der Waals surface area (Å²) in [6.07, 6.45) is 2.09. The van der Waals surface area contributed by atoms with Gasteiger partial charge in [-0.1, -0.05) is 48.3 Å². The number of nitrogens with one attached hydrogen (secondary N) is 2. The number of carbonyl (C=O) groups is 2. The lowest BCUT2D eigenvalue weighted by atomic mass is 10.2. The van der Waals surface area contributed by atoms with Gasteiger partial charge >= 0.3 is 0 Å². The van der Waals surface area contributed by atoms with Crippen molar-refractivity contribution in [2.75, 3.05) is 11.9 Å². The zero-order chi connectivity index (χ0) is 16.8. The van der Waals surface area contributed by atoms with Crippen LogP contribution in [0.15, 0.2) is 23.2 Å². The number of benzene rings is 1. The Morgan fingerprint density at radius 1 is 1.39 bits per heavy atom. The molecule has 0 radical (unpaired) electrons. The van der Waals surface area contributed by atoms with Crippen molar-refractivity contribution >= 4 is 57.6 Å². The van der Waals surface area contributed by atoms with Gasteiger partial charge in [-0.2, -0.15) is 0 Å². The van der Waals surface area contributed by atoms with Gasteiger partial charge in [-0.3, -0.25) is 14.6 Å². The van der Waals surface area contributed by atoms with Gasteiger partial charge in [0.2, 0.25) is 11.8 Å². The number of nitrogens with zero attached hydrogens (tertiary/aromatic N) is 1. The molecule has 1 aromatic carbocycles. The summed E-state index contributed by atoms with van der Waals surface area (Å²) in [7, 11) is 0. The number of unbranched alkanes of at least 4 members (excludes halogenated alkanes) is 1. The van der Waals surface area contributed by atoms with E-state index in [1.165, 1.54) is 11.8 Å². The van der Waals surface area contributed by atoms with Crippen LogP contribution in [0.25, 0.3) is 0 Å². The molecule has 0 aromatic heterocycles. The lowest BCUT2D eigenvalue weighted by Gasteiger charge is -2.08. The first kappa shape index (κ1) is 18.1. The first-order valence-corrected chi connectivity index (χ1v) is 8.90. The molecule has 1 heterocycles. The fourth-order valence-electron chi connectivity index (χ4n) is 1.91. The van der Waals surface area contributed by atoms with Crippen LogP contribution in [0.2, 0.25) is 10.0 Å². The molecule has 0 saturated carbocycles. The summed E-state index contributed by atoms with van der Waals surface area (Å²) in [5.41, 5.74) is 0.546. The number of hydrogen-bond donors (Lipinski definition) is 2. The Labute approximate surface area is 149 Å². The highest BCUT2D eigenvalue weighted by atomic mass is 35.5. The smallest absolute Gasteiger partial charge is 0.240 e. The predicted molar refractivity (Wildman–Crippen MR) is 96.4 cm³/mol. The summed E-state index contributed by atoms with van der Waals surface area (Å²) in [5.74, 6) is -0.444. The molecule has 0 unspecified atom stereocenters. The van der Waals surface area contributed by atoms with Gasteiger partial charge in [0.05, 0.1) is 10.0 Å². The summed E-state index contributed by atoms with van der Waals surface area (Å²) >= 11 is 13.0. The van der Waals surface area contributed by atoms with Crippen LogP contribution in [0.5, 0.6) is 0 Å². The second-order valence-corrected chi connectivity index (χ2v) is 7.02. The van der Waals surface area contributed by atoms with Crippen molar-refractivity contribution in [1.82, 2.24) is 5.32 Å². The molecule has 2 rings (SSSR count). The van der Waals surface area contributed by atoms with Gasteiger partial charge in [0.25, 0.3) is 0 Å². The SMILES string of the molecule is CCCCN=C1NC(=O)[C@H](CC(=O)Nc2ccc(Cl)c(Cl)c2)S1. The lowest BCUT2D eigenvalue weighted by Crippen LogP contribution is -2.28. The first-order chi connectivity index (χ1) is 11.0. The Balaban J connectivity index is 1.88. The van der Waals surface area contributed by atoms with E-state index in [0.29, 0.717) is 27.4 Å². The van der Waals surface area contributed by atoms with Crippen LogP contribution >= 0.6 is 35.0 Å². The molecular formula is C15H17Cl2N3O2S. The minimum atomic E-state index is -0.460. The molecule has 0 bridgehead atoms. The van der Waals surface area contributed by atoms with Crippen molar-refractivity contribution in [3.8, 4) is 0 Å². The van der Waals surface area contributed by atoms with Gasteiger partial charge in [0.15, 0.2) is 5.17 Å². The molecule has 2 N–H and O–H groups in total. The molecule has 2 amide bonds. The monoisotopic (exact) mass is 373 g/mol. The number of amides is 2. The maximum absolute atomic E-state index is 12.1. The fourth-order valence-corrected chi connectivity index (χ4v) is 3.20. The van der Waals surface area contributed by atoms with Crippen molar-refractivity contribution in [2.24, 2.45) is 4.99 Å². The first-order valence-electron chi connectivity index (χ1n) is 7.26. The van der Waals surface area contributed by atoms with Crippen LogP contribution in [0, 0.1) is 0 Å². The van der Waals surface area contributed by atoms with Gasteiger partial charge in [0, 0.05) is 18.7 Å². The van der Waals surface area contributed by atoms with E-state index < -0.39 is 5.25 Å². The number of halogens is 2. The van der Waals surface area contributed by atoms with E-state index in [1.807, 2.05) is 0 Å². The molecular weight excluding hydrogens is 357 g/mol. The van der Waals surface area contributed by atoms with Gasteiger partial charge in [0.1, 0.15) is 5.25 Å². The molecule has 1 aromatic rings. The molecule has 23 heavy (non-hydrogen) atoms. The van der Waals surface area contributed by atoms with Crippen molar-refractivity contribution < 1.29 is 9.59 Å². The van der Waals surface area contributed by atoms with E-state index in [4.69, 9.17) is 23.2 Å². The number of anilines is 1. The number of amidine groups is 1. The van der Waals surface area contributed by atoms with Crippen molar-refractivity contribution in [1.29, 1.82) is 0 Å². The van der Waals surface area contributed by atoms with E-state index in [2.05, 4.69) is 22.5 Å². The molecule has 5 nitrogen and oxygen atoms in total. The van der Waals surface area contributed by atoms with E-state index in [9.17, 15) is 9.59 Å². The molecule has 1 atom stereocenters. The van der Waals surface area contributed by atoms with E-state index in [-0.39, 0.29) is 18.2 Å². The number of carbonyl (C=O) groups excluding carboxylic acids is 2. The van der Waals surface area contributed by atoms with Crippen molar-refractivity contribution in [3.63, 3.8) is 0 Å². The maximum atomic E-state index is 12.1. The molecule has 0 spiro atoms. The Hall–Kier alpha value is -1.24. The Morgan fingerprint density at radius 3 is 2.87 bits per heavy atom. The molecule has 1 aliphatic heterocycles. The highest BCUT2D eigenvalue weighted by molar-refractivity contribution is 8.15. The Morgan fingerprint density at radius 2 is 2.17 bits per heavy atom. The van der Waals surface area contributed by atoms with Gasteiger partial charge < -0.3 is 10.6 Å². The van der Waals surface area contributed by atoms with E-state index in [1.54, 1.807) is 18.2 Å². The maximum Gasteiger partial charge on any atom is 0.240 e. The topological polar surface area (TPSA) is 70.6 Å². The summed E-state index contributed by atoms with van der Waals surface area (Å²) in [6, 6.07) is 4.84. The quantitative estimate of drug-likeness (QED) is 0.746. The van der Waals surface area contributed by atoms with E-state index in [0.717, 1.165) is 12.8 Å². The summed E-state index contributed by atoms with van der Waals surface area (Å²) < 4.78 is 0. The summed E-state index contributed by atoms with van der Waals surface area (Å²) in [5, 5.41) is 6.33. The van der Waals surface area contributed by atoms with Crippen molar-refractivity contribution in [3.05, 3.63) is 28.2 Å². The standard InChI is InChI=1S/C15H17Cl2N3O2S/c1-2-3-6-18-15-20-14(22)12(23-15)8-13(21)19-9-4-5-10(16)11(17)7-9/h4-5,7,12H,2-3,6,8H2,1H3,(H,19,21)(H,18,20,22)/t12-/m0/s1. The minimum absolute atomic E-state index is 0.0730. The third-order valence-corrected chi connectivity index (χ3v) is 4.98. The molecule has 8 heteroatoms. The van der Waals surface area contributed by atoms with Crippen LogP contribution in [0.4, 0.5) is 5.69 Å². The van der Waals surface area contributed by atoms with Crippen LogP contribution in [-0.2, 0) is 9.59 Å². The van der Waals surface area contributed by atoms with Gasteiger partial charge in [-0.25, -0.2) is 0 Å². The number of hydrogen-bond acceptors (Lipinski definition) is 4. The van der Waals surface area contributed by atoms with Crippen LogP contribution < -0.4 is 10.6 Å². The van der Waals surface area contributed by atoms with Crippen LogP contribution in [0.1, 0.15) is 26.2 Å². The lowest BCUT2D eigenvalue weighted by molar-refractivity contribution is -0.122. The number of aliphatic imine (C=N–C) groups is 1. The average Bonchev–Trinajstić information content (AvgIpc) is 2.83. The molecule has 1 fully saturated rings. The average molecular weight is 374 g/mol. The Kier molecular flexibility index (Phi) is 6.74. The summed E-state index contributed by atoms with van der Waals surface area (Å²) in [6.45, 7) is 2.76. The highest BCUT2D eigenvalue weighted by Gasteiger charge is 2.31. The van der Waals surface area contributed by atoms with Gasteiger partial charge in [-0.05, 0) is 24.6 Å². The minimum Gasteiger partial charge on any atom is -0.326 e. The normalized spacial score (nSPS) is 19.0. The second kappa shape index (κ2) is 8.57. The zero-order valence-electron chi connectivity index (χ0n) is 12.6. The number of thioether (sulfide) groups is 1. The zero-order valence-corrected chi connectivity index (χ0v) is 14.9. The molecule has 1 saturated heterocycles. The van der Waals surface area contributed by atoms with Gasteiger partial charge in [-0.15, -0.1) is 0 Å². The molecule has 124 valence electrons. The third kappa shape index (κ3) is 5.41. The molecule has 1 aliphatic rings. The largest absolute Gasteiger partial charge is 0.326 e. The highest BCUT2D eigenvalue weighted by Crippen LogP contribution is 2.26. The van der Waals surface area contributed by atoms with E-state index >= 15 is 0 Å². The fraction of sp³-hybridized carbons (Fsp3) is 0.400.